The number of rotatable bonds is 6. The number of halogens is 6. The fourth-order valence-corrected chi connectivity index (χ4v) is 2.75. The Kier molecular flexibility index (Phi) is 7.37. The maximum atomic E-state index is 13.0. The smallest absolute Gasteiger partial charge is 0.417 e. The summed E-state index contributed by atoms with van der Waals surface area (Å²) in [7, 11) is 0. The third-order valence-electron chi connectivity index (χ3n) is 4.33. The van der Waals surface area contributed by atoms with Crippen LogP contribution in [-0.4, -0.2) is 24.2 Å². The molecule has 0 aliphatic heterocycles. The van der Waals surface area contributed by atoms with Gasteiger partial charge in [-0.3, -0.25) is 9.59 Å². The zero-order valence-electron chi connectivity index (χ0n) is 17.3. The van der Waals surface area contributed by atoms with E-state index in [1.807, 2.05) is 10.9 Å². The van der Waals surface area contributed by atoms with Crippen LogP contribution in [0.1, 0.15) is 43.4 Å². The number of hydrogen-bond acceptors (Lipinski definition) is 5. The van der Waals surface area contributed by atoms with E-state index in [4.69, 9.17) is 4.42 Å². The van der Waals surface area contributed by atoms with Gasteiger partial charge in [0.1, 0.15) is 0 Å². The van der Waals surface area contributed by atoms with Crippen molar-refractivity contribution in [3.8, 4) is 0 Å². The number of hydrogen-bond donors (Lipinski definition) is 2. The van der Waals surface area contributed by atoms with Crippen LogP contribution in [0.2, 0.25) is 0 Å². The fourth-order valence-electron chi connectivity index (χ4n) is 2.75. The molecule has 3 rings (SSSR count). The maximum absolute atomic E-state index is 13.0. The van der Waals surface area contributed by atoms with Gasteiger partial charge in [-0.2, -0.15) is 36.5 Å². The lowest BCUT2D eigenvalue weighted by molar-refractivity contribution is -0.138. The maximum Gasteiger partial charge on any atom is 0.417 e. The van der Waals surface area contributed by atoms with Crippen molar-refractivity contribution in [3.63, 3.8) is 0 Å². The van der Waals surface area contributed by atoms with E-state index in [0.717, 1.165) is 48.8 Å². The molecule has 2 amide bonds. The number of carbonyl (C=O) groups is 2. The van der Waals surface area contributed by atoms with E-state index < -0.39 is 46.8 Å². The molecule has 2 N–H and O–H groups in total. The van der Waals surface area contributed by atoms with E-state index in [9.17, 15) is 35.9 Å². The topological polar surface area (TPSA) is 96.1 Å². The largest absolute Gasteiger partial charge is 0.446 e. The van der Waals surface area contributed by atoms with Crippen LogP contribution in [0.3, 0.4) is 0 Å². The predicted molar refractivity (Wildman–Crippen MR) is 112 cm³/mol. The van der Waals surface area contributed by atoms with Crippen molar-refractivity contribution >= 4 is 24.2 Å². The lowest BCUT2D eigenvalue weighted by atomic mass is 10.1. The highest BCUT2D eigenvalue weighted by Gasteiger charge is 2.33. The first-order valence-corrected chi connectivity index (χ1v) is 9.56. The molecule has 0 spiro atoms. The van der Waals surface area contributed by atoms with Gasteiger partial charge >= 0.3 is 24.2 Å². The highest BCUT2D eigenvalue weighted by atomic mass is 19.4. The molecule has 0 aliphatic carbocycles. The van der Waals surface area contributed by atoms with Crippen molar-refractivity contribution in [2.45, 2.75) is 12.4 Å². The van der Waals surface area contributed by atoms with Gasteiger partial charge in [-0.1, -0.05) is 36.4 Å². The second-order valence-corrected chi connectivity index (χ2v) is 6.73. The van der Waals surface area contributed by atoms with Crippen molar-refractivity contribution < 1.29 is 40.3 Å². The van der Waals surface area contributed by atoms with Crippen LogP contribution in [0.4, 0.5) is 26.3 Å². The standard InChI is InChI=1S/C22H14F6N4O3/c23-21(24,25)15-7-3-1-5-13(15)11-29-31-19(33)17-9-10-18(35-17)20(34)32-30-12-14-6-2-4-8-16(14)22(26,27)28/h1-12H,(H,31,33)(H,32,34)/b29-11+,30-12+. The van der Waals surface area contributed by atoms with Crippen LogP contribution < -0.4 is 10.9 Å². The van der Waals surface area contributed by atoms with Crippen molar-refractivity contribution in [3.05, 3.63) is 94.4 Å². The monoisotopic (exact) mass is 496 g/mol. The zero-order chi connectivity index (χ0) is 25.6. The Balaban J connectivity index is 1.62. The molecule has 0 atom stereocenters. The minimum Gasteiger partial charge on any atom is -0.446 e. The van der Waals surface area contributed by atoms with E-state index in [-0.39, 0.29) is 11.1 Å². The normalized spacial score (nSPS) is 12.3. The Morgan fingerprint density at radius 3 is 1.40 bits per heavy atom. The zero-order valence-corrected chi connectivity index (χ0v) is 17.3. The van der Waals surface area contributed by atoms with Crippen LogP contribution in [0.5, 0.6) is 0 Å². The third-order valence-corrected chi connectivity index (χ3v) is 4.33. The molecule has 2 aromatic carbocycles. The molecule has 0 bridgehead atoms. The summed E-state index contributed by atoms with van der Waals surface area (Å²) in [6.07, 6.45) is -7.64. The number of furan rings is 1. The van der Waals surface area contributed by atoms with Crippen LogP contribution in [0.15, 0.2) is 75.3 Å². The van der Waals surface area contributed by atoms with E-state index in [0.29, 0.717) is 0 Å². The van der Waals surface area contributed by atoms with Gasteiger partial charge in [-0.25, -0.2) is 10.9 Å². The molecule has 7 nitrogen and oxygen atoms in total. The summed E-state index contributed by atoms with van der Waals surface area (Å²) in [5.74, 6) is -2.73. The van der Waals surface area contributed by atoms with Gasteiger partial charge in [0.05, 0.1) is 23.6 Å². The van der Waals surface area contributed by atoms with Gasteiger partial charge in [0.25, 0.3) is 0 Å². The van der Waals surface area contributed by atoms with Crippen molar-refractivity contribution in [1.82, 2.24) is 10.9 Å². The molecule has 1 aromatic heterocycles. The van der Waals surface area contributed by atoms with Gasteiger partial charge in [0.2, 0.25) is 0 Å². The molecule has 13 heteroatoms. The summed E-state index contributed by atoms with van der Waals surface area (Å²) in [5, 5.41) is 6.91. The number of hydrazone groups is 2. The first-order chi connectivity index (χ1) is 16.5. The summed E-state index contributed by atoms with van der Waals surface area (Å²) in [5.41, 5.74) is 1.45. The minimum absolute atomic E-state index is 0.287. The van der Waals surface area contributed by atoms with Gasteiger partial charge in [-0.15, -0.1) is 0 Å². The fraction of sp³-hybridized carbons (Fsp3) is 0.0909. The Hall–Kier alpha value is -4.42. The van der Waals surface area contributed by atoms with Crippen molar-refractivity contribution in [2.24, 2.45) is 10.2 Å². The number of nitrogens with one attached hydrogen (secondary N) is 2. The molecule has 35 heavy (non-hydrogen) atoms. The molecule has 1 heterocycles. The summed E-state index contributed by atoms with van der Waals surface area (Å²) in [4.78, 5) is 24.1. The molecule has 182 valence electrons. The minimum atomic E-state index is -4.62. The molecule has 0 unspecified atom stereocenters. The van der Waals surface area contributed by atoms with Crippen LogP contribution in [0, 0.1) is 0 Å². The second-order valence-electron chi connectivity index (χ2n) is 6.73. The van der Waals surface area contributed by atoms with Crippen LogP contribution in [-0.2, 0) is 12.4 Å². The average molecular weight is 496 g/mol. The summed E-state index contributed by atoms with van der Waals surface area (Å²) in [6.45, 7) is 0. The van der Waals surface area contributed by atoms with Gasteiger partial charge in [-0.05, 0) is 24.3 Å². The molecule has 3 aromatic rings. The van der Waals surface area contributed by atoms with Crippen molar-refractivity contribution in [1.29, 1.82) is 0 Å². The molecule has 0 saturated heterocycles. The molecular formula is C22H14F6N4O3. The predicted octanol–water partition coefficient (Wildman–Crippen LogP) is 4.85. The van der Waals surface area contributed by atoms with E-state index >= 15 is 0 Å². The number of benzene rings is 2. The highest BCUT2D eigenvalue weighted by Crippen LogP contribution is 2.31. The molecular weight excluding hydrogens is 482 g/mol. The molecule has 0 fully saturated rings. The SMILES string of the molecule is O=C(N/N=C/c1ccccc1C(F)(F)F)c1ccc(C(=O)N/N=C/c2ccccc2C(F)(F)F)o1. The average Bonchev–Trinajstić information content (AvgIpc) is 3.29. The quantitative estimate of drug-likeness (QED) is 0.290. The number of nitrogens with zero attached hydrogens (tertiary/aromatic N) is 2. The summed E-state index contributed by atoms with van der Waals surface area (Å²) >= 11 is 0. The van der Waals surface area contributed by atoms with Gasteiger partial charge < -0.3 is 4.42 Å². The van der Waals surface area contributed by atoms with Gasteiger partial charge in [0.15, 0.2) is 11.5 Å². The van der Waals surface area contributed by atoms with E-state index in [1.165, 1.54) is 24.3 Å². The first-order valence-electron chi connectivity index (χ1n) is 9.56. The number of alkyl halides is 6. The Morgan fingerprint density at radius 2 is 1.03 bits per heavy atom. The Labute approximate surface area is 193 Å². The Bertz CT molecular complexity index is 1180. The second kappa shape index (κ2) is 10.2. The first kappa shape index (κ1) is 25.2. The molecule has 0 aliphatic rings. The third kappa shape index (κ3) is 6.56. The lowest BCUT2D eigenvalue weighted by Crippen LogP contribution is -2.19. The van der Waals surface area contributed by atoms with Crippen LogP contribution in [0.25, 0.3) is 0 Å². The number of amides is 2. The highest BCUT2D eigenvalue weighted by molar-refractivity contribution is 5.96. The van der Waals surface area contributed by atoms with E-state index in [1.54, 1.807) is 0 Å². The summed E-state index contributed by atoms with van der Waals surface area (Å²) < 4.78 is 82.9. The summed E-state index contributed by atoms with van der Waals surface area (Å²) in [6, 6.07) is 11.3. The van der Waals surface area contributed by atoms with Crippen LogP contribution >= 0.6 is 0 Å². The lowest BCUT2D eigenvalue weighted by Gasteiger charge is -2.09. The van der Waals surface area contributed by atoms with Crippen molar-refractivity contribution in [2.75, 3.05) is 0 Å². The molecule has 0 saturated carbocycles. The van der Waals surface area contributed by atoms with E-state index in [2.05, 4.69) is 10.2 Å². The number of carbonyl (C=O) groups excluding carboxylic acids is 2. The molecule has 0 radical (unpaired) electrons. The van der Waals surface area contributed by atoms with Gasteiger partial charge in [0, 0.05) is 11.1 Å². The Morgan fingerprint density at radius 1 is 0.657 bits per heavy atom.